The zero-order chi connectivity index (χ0) is 10.3. The Hall–Kier alpha value is -0.980. The summed E-state index contributed by atoms with van der Waals surface area (Å²) in [5.74, 6) is 0. The van der Waals surface area contributed by atoms with Crippen molar-refractivity contribution in [3.8, 4) is 0 Å². The Balaban J connectivity index is 2.94. The molecule has 2 rings (SSSR count). The maximum atomic E-state index is 11.0. The fourth-order valence-electron chi connectivity index (χ4n) is 1.26. The summed E-state index contributed by atoms with van der Waals surface area (Å²) in [6, 6.07) is 3.25. The van der Waals surface area contributed by atoms with Gasteiger partial charge in [0.25, 0.3) is 10.1 Å². The molecule has 0 spiro atoms. The molecule has 1 aromatic carbocycles. The first-order chi connectivity index (χ1) is 6.48. The second-order valence-electron chi connectivity index (χ2n) is 2.94. The largest absolute Gasteiger partial charge is 0.296 e. The smallest absolute Gasteiger partial charge is 0.282 e. The Morgan fingerprint density at radius 3 is 2.79 bits per heavy atom. The van der Waals surface area contributed by atoms with Crippen molar-refractivity contribution < 1.29 is 13.0 Å². The third-order valence-electron chi connectivity index (χ3n) is 1.82. The Morgan fingerprint density at radius 2 is 2.14 bits per heavy atom. The molecule has 1 heterocycles. The Bertz CT molecular complexity index is 586. The van der Waals surface area contributed by atoms with Crippen molar-refractivity contribution in [1.82, 2.24) is 4.98 Å². The van der Waals surface area contributed by atoms with E-state index in [0.29, 0.717) is 5.52 Å². The van der Waals surface area contributed by atoms with Gasteiger partial charge in [0, 0.05) is 0 Å². The lowest BCUT2D eigenvalue weighted by Gasteiger charge is -1.99. The van der Waals surface area contributed by atoms with Crippen LogP contribution < -0.4 is 0 Å². The highest BCUT2D eigenvalue weighted by Gasteiger charge is 2.16. The molecule has 0 saturated heterocycles. The van der Waals surface area contributed by atoms with E-state index in [1.807, 2.05) is 6.07 Å². The molecule has 1 aromatic heterocycles. The van der Waals surface area contributed by atoms with Gasteiger partial charge in [0.15, 0.2) is 0 Å². The monoisotopic (exact) mass is 229 g/mol. The molecule has 0 unspecified atom stereocenters. The third-order valence-corrected chi connectivity index (χ3v) is 3.47. The molecule has 0 fully saturated rings. The molecule has 0 bridgehead atoms. The maximum Gasteiger partial charge on any atom is 0.296 e. The molecule has 4 nitrogen and oxygen atoms in total. The normalized spacial score (nSPS) is 12.1. The minimum Gasteiger partial charge on any atom is -0.282 e. The number of hydrogen-bond donors (Lipinski definition) is 1. The summed E-state index contributed by atoms with van der Waals surface area (Å²) in [7, 11) is -4.18. The van der Waals surface area contributed by atoms with E-state index in [9.17, 15) is 8.42 Å². The summed E-state index contributed by atoms with van der Waals surface area (Å²) in [6.07, 6.45) is 0. The predicted octanol–water partition coefficient (Wildman–Crippen LogP) is 1.85. The highest BCUT2D eigenvalue weighted by Crippen LogP contribution is 2.26. The first kappa shape index (κ1) is 9.57. The van der Waals surface area contributed by atoms with E-state index in [1.54, 1.807) is 12.4 Å². The van der Waals surface area contributed by atoms with Gasteiger partial charge in [-0.05, 0) is 24.6 Å². The number of rotatable bonds is 1. The molecule has 6 heteroatoms. The molecule has 0 aliphatic carbocycles. The van der Waals surface area contributed by atoms with Crippen molar-refractivity contribution in [2.24, 2.45) is 0 Å². The fourth-order valence-corrected chi connectivity index (χ4v) is 2.87. The standard InChI is InChI=1S/C8H7NO3S2/c1-5-2-6-8(9-4-13-6)7(3-5)14(10,11)12/h2-4H,1H3,(H,10,11,12). The summed E-state index contributed by atoms with van der Waals surface area (Å²) in [5, 5.41) is 0. The van der Waals surface area contributed by atoms with Gasteiger partial charge in [0.05, 0.1) is 10.2 Å². The first-order valence-electron chi connectivity index (χ1n) is 3.80. The van der Waals surface area contributed by atoms with E-state index in [4.69, 9.17) is 4.55 Å². The Kier molecular flexibility index (Phi) is 2.06. The van der Waals surface area contributed by atoms with Gasteiger partial charge < -0.3 is 0 Å². The van der Waals surface area contributed by atoms with Crippen molar-refractivity contribution in [2.75, 3.05) is 0 Å². The van der Waals surface area contributed by atoms with Crippen LogP contribution in [-0.2, 0) is 10.1 Å². The highest BCUT2D eigenvalue weighted by atomic mass is 32.2. The summed E-state index contributed by atoms with van der Waals surface area (Å²) >= 11 is 1.35. The number of aromatic nitrogens is 1. The van der Waals surface area contributed by atoms with Crippen LogP contribution in [-0.4, -0.2) is 18.0 Å². The number of nitrogens with zero attached hydrogens (tertiary/aromatic N) is 1. The summed E-state index contributed by atoms with van der Waals surface area (Å²) in [4.78, 5) is 3.79. The van der Waals surface area contributed by atoms with Crippen LogP contribution in [0.15, 0.2) is 22.5 Å². The summed E-state index contributed by atoms with van der Waals surface area (Å²) in [6.45, 7) is 1.77. The van der Waals surface area contributed by atoms with Gasteiger partial charge >= 0.3 is 0 Å². The molecule has 14 heavy (non-hydrogen) atoms. The van der Waals surface area contributed by atoms with E-state index in [2.05, 4.69) is 4.98 Å². The van der Waals surface area contributed by atoms with E-state index in [0.717, 1.165) is 10.3 Å². The molecule has 1 N–H and O–H groups in total. The van der Waals surface area contributed by atoms with Crippen LogP contribution in [0.5, 0.6) is 0 Å². The van der Waals surface area contributed by atoms with Gasteiger partial charge in [0.1, 0.15) is 10.4 Å². The molecule has 0 saturated carbocycles. The molecular weight excluding hydrogens is 222 g/mol. The average molecular weight is 229 g/mol. The summed E-state index contributed by atoms with van der Waals surface area (Å²) < 4.78 is 31.8. The SMILES string of the molecule is Cc1cc(S(=O)(=O)O)c2ncsc2c1. The molecule has 0 aliphatic heterocycles. The number of benzene rings is 1. The van der Waals surface area contributed by atoms with Crippen molar-refractivity contribution in [3.63, 3.8) is 0 Å². The second kappa shape index (κ2) is 3.01. The van der Waals surface area contributed by atoms with Crippen molar-refractivity contribution in [3.05, 3.63) is 23.2 Å². The molecule has 74 valence electrons. The van der Waals surface area contributed by atoms with Crippen LogP contribution in [0.25, 0.3) is 10.2 Å². The van der Waals surface area contributed by atoms with Gasteiger partial charge in [-0.1, -0.05) is 0 Å². The van der Waals surface area contributed by atoms with Crippen LogP contribution in [0.4, 0.5) is 0 Å². The minimum atomic E-state index is -4.18. The van der Waals surface area contributed by atoms with Crippen LogP contribution in [0.3, 0.4) is 0 Å². The average Bonchev–Trinajstić information content (AvgIpc) is 2.47. The molecule has 0 atom stereocenters. The topological polar surface area (TPSA) is 67.3 Å². The Labute approximate surface area is 85.0 Å². The Morgan fingerprint density at radius 1 is 1.43 bits per heavy atom. The van der Waals surface area contributed by atoms with E-state index < -0.39 is 10.1 Å². The minimum absolute atomic E-state index is 0.117. The first-order valence-corrected chi connectivity index (χ1v) is 6.12. The van der Waals surface area contributed by atoms with Gasteiger partial charge in [-0.25, -0.2) is 4.98 Å². The lowest BCUT2D eigenvalue weighted by Crippen LogP contribution is -1.99. The lowest BCUT2D eigenvalue weighted by molar-refractivity contribution is 0.484. The van der Waals surface area contributed by atoms with Crippen LogP contribution >= 0.6 is 11.3 Å². The molecule has 2 aromatic rings. The number of hydrogen-bond acceptors (Lipinski definition) is 4. The molecule has 0 aliphatic rings. The van der Waals surface area contributed by atoms with Crippen LogP contribution in [0.1, 0.15) is 5.56 Å². The molecule has 0 amide bonds. The van der Waals surface area contributed by atoms with E-state index in [1.165, 1.54) is 17.4 Å². The van der Waals surface area contributed by atoms with Gasteiger partial charge in [-0.3, -0.25) is 4.55 Å². The number of thiazole rings is 1. The maximum absolute atomic E-state index is 11.0. The quantitative estimate of drug-likeness (QED) is 0.758. The molecule has 0 radical (unpaired) electrons. The third kappa shape index (κ3) is 1.52. The zero-order valence-corrected chi connectivity index (χ0v) is 8.89. The number of aryl methyl sites for hydroxylation is 1. The lowest BCUT2D eigenvalue weighted by atomic mass is 10.2. The fraction of sp³-hybridized carbons (Fsp3) is 0.125. The van der Waals surface area contributed by atoms with E-state index in [-0.39, 0.29) is 4.90 Å². The van der Waals surface area contributed by atoms with Gasteiger partial charge in [-0.2, -0.15) is 8.42 Å². The molecular formula is C8H7NO3S2. The zero-order valence-electron chi connectivity index (χ0n) is 7.26. The van der Waals surface area contributed by atoms with Crippen LogP contribution in [0, 0.1) is 6.92 Å². The van der Waals surface area contributed by atoms with E-state index >= 15 is 0 Å². The second-order valence-corrected chi connectivity index (χ2v) is 5.21. The van der Waals surface area contributed by atoms with Gasteiger partial charge in [0.2, 0.25) is 0 Å². The number of fused-ring (bicyclic) bond motifs is 1. The highest BCUT2D eigenvalue weighted by molar-refractivity contribution is 7.86. The summed E-state index contributed by atoms with van der Waals surface area (Å²) in [5.41, 5.74) is 2.68. The van der Waals surface area contributed by atoms with Crippen molar-refractivity contribution in [1.29, 1.82) is 0 Å². The van der Waals surface area contributed by atoms with Crippen molar-refractivity contribution >= 4 is 31.7 Å². The predicted molar refractivity (Wildman–Crippen MR) is 54.2 cm³/mol. The van der Waals surface area contributed by atoms with Gasteiger partial charge in [-0.15, -0.1) is 11.3 Å². The van der Waals surface area contributed by atoms with Crippen LogP contribution in [0.2, 0.25) is 0 Å². The van der Waals surface area contributed by atoms with Crippen molar-refractivity contribution in [2.45, 2.75) is 11.8 Å².